The normalized spacial score (nSPS) is 12.4. The van der Waals surface area contributed by atoms with Gasteiger partial charge in [-0.05, 0) is 51.5 Å². The summed E-state index contributed by atoms with van der Waals surface area (Å²) in [5.74, 6) is 0.651. The maximum Gasteiger partial charge on any atom is 0.408 e. The highest BCUT2D eigenvalue weighted by molar-refractivity contribution is 6.35. The van der Waals surface area contributed by atoms with Crippen molar-refractivity contribution in [2.75, 3.05) is 5.32 Å². The Bertz CT molecular complexity index is 1000. The van der Waals surface area contributed by atoms with Crippen LogP contribution in [0, 0.1) is 0 Å². The SMILES string of the molecule is CC(NC(=O)OC(C)(C)C)c1cc2cccc(Cl)c2nc1NCc1cccnc1. The molecular formula is C22H25ClN4O2. The van der Waals surface area contributed by atoms with Gasteiger partial charge in [-0.2, -0.15) is 0 Å². The lowest BCUT2D eigenvalue weighted by molar-refractivity contribution is 0.0508. The van der Waals surface area contributed by atoms with Crippen LogP contribution in [0.5, 0.6) is 0 Å². The van der Waals surface area contributed by atoms with Crippen molar-refractivity contribution in [2.24, 2.45) is 0 Å². The maximum atomic E-state index is 12.2. The first-order chi connectivity index (χ1) is 13.7. The summed E-state index contributed by atoms with van der Waals surface area (Å²) in [6.07, 6.45) is 3.05. The first kappa shape index (κ1) is 20.9. The molecule has 1 aromatic carbocycles. The second kappa shape index (κ2) is 8.66. The molecule has 3 aromatic rings. The summed E-state index contributed by atoms with van der Waals surface area (Å²) in [4.78, 5) is 21.1. The molecule has 29 heavy (non-hydrogen) atoms. The summed E-state index contributed by atoms with van der Waals surface area (Å²) in [5, 5.41) is 7.71. The quantitative estimate of drug-likeness (QED) is 0.580. The van der Waals surface area contributed by atoms with Gasteiger partial charge in [-0.15, -0.1) is 0 Å². The van der Waals surface area contributed by atoms with Crippen LogP contribution in [-0.4, -0.2) is 21.7 Å². The highest BCUT2D eigenvalue weighted by Gasteiger charge is 2.21. The molecular weight excluding hydrogens is 388 g/mol. The number of pyridine rings is 2. The largest absolute Gasteiger partial charge is 0.444 e. The number of halogens is 1. The third kappa shape index (κ3) is 5.57. The van der Waals surface area contributed by atoms with E-state index in [2.05, 4.69) is 15.6 Å². The fourth-order valence-corrected chi connectivity index (χ4v) is 3.13. The van der Waals surface area contributed by atoms with Gasteiger partial charge in [-0.1, -0.05) is 29.8 Å². The number of rotatable bonds is 5. The number of aromatic nitrogens is 2. The van der Waals surface area contributed by atoms with Crippen molar-refractivity contribution in [3.63, 3.8) is 0 Å². The Kier molecular flexibility index (Phi) is 6.23. The molecule has 3 rings (SSSR count). The van der Waals surface area contributed by atoms with Gasteiger partial charge in [0.05, 0.1) is 16.6 Å². The van der Waals surface area contributed by atoms with Gasteiger partial charge < -0.3 is 15.4 Å². The van der Waals surface area contributed by atoms with Crippen molar-refractivity contribution in [1.29, 1.82) is 0 Å². The molecule has 2 heterocycles. The zero-order chi connectivity index (χ0) is 21.0. The zero-order valence-corrected chi connectivity index (χ0v) is 17.7. The second-order valence-corrected chi connectivity index (χ2v) is 8.23. The minimum Gasteiger partial charge on any atom is -0.444 e. The number of hydrogen-bond acceptors (Lipinski definition) is 5. The molecule has 0 saturated heterocycles. The molecule has 0 aliphatic heterocycles. The monoisotopic (exact) mass is 412 g/mol. The molecule has 7 heteroatoms. The van der Waals surface area contributed by atoms with Crippen LogP contribution in [0.1, 0.15) is 44.9 Å². The molecule has 0 bridgehead atoms. The predicted octanol–water partition coefficient (Wildman–Crippen LogP) is 5.48. The number of fused-ring (bicyclic) bond motifs is 1. The van der Waals surface area contributed by atoms with Crippen LogP contribution in [0.4, 0.5) is 10.6 Å². The van der Waals surface area contributed by atoms with Gasteiger partial charge in [0.15, 0.2) is 0 Å². The lowest BCUT2D eigenvalue weighted by Crippen LogP contribution is -2.34. The zero-order valence-electron chi connectivity index (χ0n) is 17.0. The lowest BCUT2D eigenvalue weighted by atomic mass is 10.1. The van der Waals surface area contributed by atoms with Gasteiger partial charge in [0.2, 0.25) is 0 Å². The van der Waals surface area contributed by atoms with Crippen LogP contribution in [0.3, 0.4) is 0 Å². The summed E-state index contributed by atoms with van der Waals surface area (Å²) in [5.41, 5.74) is 2.00. The predicted molar refractivity (Wildman–Crippen MR) is 116 cm³/mol. The number of nitrogens with one attached hydrogen (secondary N) is 2. The number of para-hydroxylation sites is 1. The summed E-state index contributed by atoms with van der Waals surface area (Å²) in [6, 6.07) is 11.2. The first-order valence-electron chi connectivity index (χ1n) is 9.44. The Balaban J connectivity index is 1.91. The standard InChI is InChI=1S/C22H25ClN4O2/c1-14(26-21(28)29-22(2,3)4)17-11-16-8-5-9-18(23)19(16)27-20(17)25-13-15-7-6-10-24-12-15/h5-12,14H,13H2,1-4H3,(H,25,27)(H,26,28). The molecule has 2 N–H and O–H groups in total. The molecule has 1 unspecified atom stereocenters. The van der Waals surface area contributed by atoms with Gasteiger partial charge in [0.25, 0.3) is 0 Å². The van der Waals surface area contributed by atoms with Crippen LogP contribution < -0.4 is 10.6 Å². The van der Waals surface area contributed by atoms with E-state index < -0.39 is 11.7 Å². The molecule has 1 atom stereocenters. The van der Waals surface area contributed by atoms with E-state index in [-0.39, 0.29) is 6.04 Å². The topological polar surface area (TPSA) is 76.1 Å². The summed E-state index contributed by atoms with van der Waals surface area (Å²) in [7, 11) is 0. The van der Waals surface area contributed by atoms with Crippen molar-refractivity contribution < 1.29 is 9.53 Å². The van der Waals surface area contributed by atoms with Gasteiger partial charge in [0, 0.05) is 29.9 Å². The van der Waals surface area contributed by atoms with Crippen LogP contribution >= 0.6 is 11.6 Å². The number of nitrogens with zero attached hydrogens (tertiary/aromatic N) is 2. The number of amides is 1. The Labute approximate surface area is 175 Å². The van der Waals surface area contributed by atoms with Crippen LogP contribution in [0.2, 0.25) is 5.02 Å². The highest BCUT2D eigenvalue weighted by atomic mass is 35.5. The van der Waals surface area contributed by atoms with Gasteiger partial charge in [-0.25, -0.2) is 9.78 Å². The van der Waals surface area contributed by atoms with Gasteiger partial charge >= 0.3 is 6.09 Å². The van der Waals surface area contributed by atoms with Crippen LogP contribution in [0.25, 0.3) is 10.9 Å². The minimum absolute atomic E-state index is 0.322. The van der Waals surface area contributed by atoms with Crippen molar-refractivity contribution in [2.45, 2.75) is 45.9 Å². The van der Waals surface area contributed by atoms with Gasteiger partial charge in [0.1, 0.15) is 11.4 Å². The summed E-state index contributed by atoms with van der Waals surface area (Å²) >= 11 is 6.35. The number of hydrogen-bond donors (Lipinski definition) is 2. The van der Waals surface area contributed by atoms with Gasteiger partial charge in [-0.3, -0.25) is 4.98 Å². The summed E-state index contributed by atoms with van der Waals surface area (Å²) < 4.78 is 5.39. The number of alkyl carbamates (subject to hydrolysis) is 1. The molecule has 0 aliphatic carbocycles. The van der Waals surface area contributed by atoms with Crippen LogP contribution in [-0.2, 0) is 11.3 Å². The second-order valence-electron chi connectivity index (χ2n) is 7.82. The molecule has 0 saturated carbocycles. The molecule has 0 radical (unpaired) electrons. The number of carbonyl (C=O) groups is 1. The van der Waals surface area contributed by atoms with E-state index in [9.17, 15) is 4.79 Å². The molecule has 152 valence electrons. The molecule has 2 aromatic heterocycles. The number of anilines is 1. The van der Waals surface area contributed by atoms with Crippen molar-refractivity contribution in [1.82, 2.24) is 15.3 Å². The summed E-state index contributed by atoms with van der Waals surface area (Å²) in [6.45, 7) is 7.93. The van der Waals surface area contributed by atoms with E-state index >= 15 is 0 Å². The molecule has 0 spiro atoms. The lowest BCUT2D eigenvalue weighted by Gasteiger charge is -2.23. The Morgan fingerprint density at radius 2 is 2.03 bits per heavy atom. The minimum atomic E-state index is -0.569. The fourth-order valence-electron chi connectivity index (χ4n) is 2.90. The van der Waals surface area contributed by atoms with E-state index in [0.29, 0.717) is 22.9 Å². The fraction of sp³-hybridized carbons (Fsp3) is 0.318. The third-order valence-electron chi connectivity index (χ3n) is 4.21. The Morgan fingerprint density at radius 3 is 2.72 bits per heavy atom. The van der Waals surface area contributed by atoms with E-state index in [1.165, 1.54) is 0 Å². The third-order valence-corrected chi connectivity index (χ3v) is 4.51. The molecule has 0 aliphatic rings. The smallest absolute Gasteiger partial charge is 0.408 e. The number of benzene rings is 1. The van der Waals surface area contributed by atoms with Crippen LogP contribution in [0.15, 0.2) is 48.8 Å². The average molecular weight is 413 g/mol. The van der Waals surface area contributed by atoms with Crippen molar-refractivity contribution in [3.05, 3.63) is 64.9 Å². The van der Waals surface area contributed by atoms with E-state index in [1.807, 2.05) is 64.1 Å². The number of carbonyl (C=O) groups excluding carboxylic acids is 1. The van der Waals surface area contributed by atoms with E-state index in [0.717, 1.165) is 16.5 Å². The highest BCUT2D eigenvalue weighted by Crippen LogP contribution is 2.30. The van der Waals surface area contributed by atoms with E-state index in [4.69, 9.17) is 21.3 Å². The maximum absolute atomic E-state index is 12.2. The van der Waals surface area contributed by atoms with Crippen molar-refractivity contribution in [3.8, 4) is 0 Å². The first-order valence-corrected chi connectivity index (χ1v) is 9.82. The molecule has 6 nitrogen and oxygen atoms in total. The molecule has 1 amide bonds. The average Bonchev–Trinajstić information content (AvgIpc) is 2.65. The van der Waals surface area contributed by atoms with E-state index in [1.54, 1.807) is 12.4 Å². The Morgan fingerprint density at radius 1 is 1.24 bits per heavy atom. The number of ether oxygens (including phenoxy) is 1. The Hall–Kier alpha value is -2.86. The van der Waals surface area contributed by atoms with Crippen molar-refractivity contribution >= 4 is 34.4 Å². The molecule has 0 fully saturated rings.